The number of carbonyl (C=O) groups is 1. The monoisotopic (exact) mass is 587 g/mol. The van der Waals surface area contributed by atoms with Crippen molar-refractivity contribution in [1.82, 2.24) is 14.7 Å². The van der Waals surface area contributed by atoms with Crippen molar-refractivity contribution < 1.29 is 22.7 Å². The minimum atomic E-state index is -0.784. The van der Waals surface area contributed by atoms with Gasteiger partial charge >= 0.3 is 0 Å². The van der Waals surface area contributed by atoms with E-state index in [0.717, 1.165) is 31.5 Å². The van der Waals surface area contributed by atoms with E-state index in [9.17, 15) is 23.4 Å². The molecule has 0 aliphatic carbocycles. The van der Waals surface area contributed by atoms with Gasteiger partial charge in [0.2, 0.25) is 5.91 Å². The molecular formula is C30H33ClF3N5O2. The number of nitrogens with zero attached hydrogens (tertiary/aromatic N) is 3. The lowest BCUT2D eigenvalue weighted by Crippen LogP contribution is -2.53. The fraction of sp³-hybridized carbons (Fsp3) is 0.400. The Hall–Kier alpha value is -3.50. The van der Waals surface area contributed by atoms with Gasteiger partial charge in [0.05, 0.1) is 23.3 Å². The Bertz CT molecular complexity index is 1400. The zero-order chi connectivity index (χ0) is 29.4. The van der Waals surface area contributed by atoms with E-state index in [1.54, 1.807) is 15.9 Å². The summed E-state index contributed by atoms with van der Waals surface area (Å²) >= 11 is 6.73. The number of amidine groups is 1. The Morgan fingerprint density at radius 2 is 2.02 bits per heavy atom. The molecule has 2 saturated heterocycles. The molecule has 1 amide bonds. The lowest BCUT2D eigenvalue weighted by molar-refractivity contribution is -0.128. The van der Waals surface area contributed by atoms with E-state index < -0.39 is 17.8 Å². The van der Waals surface area contributed by atoms with Crippen LogP contribution in [0.3, 0.4) is 0 Å². The van der Waals surface area contributed by atoms with Crippen LogP contribution in [0.4, 0.5) is 18.9 Å². The SMILES string of the molecule is C=CC(=O)N1CC(=C)N(C(=N)c2cc(Cl)c(-c3ccc(F)cc3F)c3c2N[C@H](CCCN2CC(F)C2)CO3)C[C@H]1C. The number of nitrogens with one attached hydrogen (secondary N) is 2. The number of hydrogen-bond donors (Lipinski definition) is 2. The molecule has 2 aromatic rings. The molecule has 0 bridgehead atoms. The first-order chi connectivity index (χ1) is 19.6. The zero-order valence-corrected chi connectivity index (χ0v) is 23.6. The fourth-order valence-corrected chi connectivity index (χ4v) is 5.91. The van der Waals surface area contributed by atoms with Gasteiger partial charge in [-0.1, -0.05) is 24.8 Å². The summed E-state index contributed by atoms with van der Waals surface area (Å²) < 4.78 is 48.1. The van der Waals surface area contributed by atoms with Crippen LogP contribution in [0.1, 0.15) is 25.3 Å². The van der Waals surface area contributed by atoms with Crippen molar-refractivity contribution in [2.45, 2.75) is 38.0 Å². The van der Waals surface area contributed by atoms with Gasteiger partial charge in [-0.15, -0.1) is 0 Å². The Morgan fingerprint density at radius 3 is 2.71 bits per heavy atom. The number of carbonyl (C=O) groups excluding carboxylic acids is 1. The molecule has 5 rings (SSSR count). The molecule has 2 fully saturated rings. The predicted molar refractivity (Wildman–Crippen MR) is 154 cm³/mol. The molecule has 0 unspecified atom stereocenters. The van der Waals surface area contributed by atoms with Gasteiger partial charge in [-0.05, 0) is 50.6 Å². The van der Waals surface area contributed by atoms with Gasteiger partial charge < -0.3 is 19.9 Å². The number of fused-ring (bicyclic) bond motifs is 1. The van der Waals surface area contributed by atoms with Crippen LogP contribution in [0.5, 0.6) is 5.75 Å². The fourth-order valence-electron chi connectivity index (χ4n) is 5.62. The van der Waals surface area contributed by atoms with E-state index in [4.69, 9.17) is 16.3 Å². The zero-order valence-electron chi connectivity index (χ0n) is 22.9. The second-order valence-corrected chi connectivity index (χ2v) is 11.2. The van der Waals surface area contributed by atoms with Gasteiger partial charge in [0.15, 0.2) is 5.75 Å². The highest BCUT2D eigenvalue weighted by Crippen LogP contribution is 2.47. The van der Waals surface area contributed by atoms with Crippen LogP contribution in [0.15, 0.2) is 49.2 Å². The van der Waals surface area contributed by atoms with Crippen LogP contribution in [-0.4, -0.2) is 84.0 Å². The highest BCUT2D eigenvalue weighted by atomic mass is 35.5. The van der Waals surface area contributed by atoms with E-state index in [0.29, 0.717) is 36.6 Å². The Labute approximate surface area is 242 Å². The summed E-state index contributed by atoms with van der Waals surface area (Å²) in [4.78, 5) is 17.7. The van der Waals surface area contributed by atoms with Crippen LogP contribution in [0, 0.1) is 17.0 Å². The summed E-state index contributed by atoms with van der Waals surface area (Å²) in [7, 11) is 0. The number of alkyl halides is 1. The molecule has 218 valence electrons. The van der Waals surface area contributed by atoms with Crippen LogP contribution in [0.2, 0.25) is 5.02 Å². The number of amides is 1. The lowest BCUT2D eigenvalue weighted by Gasteiger charge is -2.42. The molecule has 3 aliphatic heterocycles. The van der Waals surface area contributed by atoms with Gasteiger partial charge in [-0.2, -0.15) is 0 Å². The molecule has 3 aliphatic rings. The smallest absolute Gasteiger partial charge is 0.246 e. The number of likely N-dealkylation sites (tertiary alicyclic amines) is 1. The second-order valence-electron chi connectivity index (χ2n) is 10.8. The van der Waals surface area contributed by atoms with E-state index in [1.165, 1.54) is 12.1 Å². The van der Waals surface area contributed by atoms with Crippen molar-refractivity contribution in [3.63, 3.8) is 0 Å². The third kappa shape index (κ3) is 5.81. The van der Waals surface area contributed by atoms with E-state index >= 15 is 0 Å². The van der Waals surface area contributed by atoms with E-state index in [-0.39, 0.29) is 58.9 Å². The number of halogens is 4. The first-order valence-corrected chi connectivity index (χ1v) is 14.0. The van der Waals surface area contributed by atoms with Crippen molar-refractivity contribution >= 4 is 29.0 Å². The van der Waals surface area contributed by atoms with E-state index in [1.807, 2.05) is 6.92 Å². The van der Waals surface area contributed by atoms with Crippen molar-refractivity contribution in [1.29, 1.82) is 5.41 Å². The quantitative estimate of drug-likeness (QED) is 0.256. The van der Waals surface area contributed by atoms with Gasteiger partial charge in [0.1, 0.15) is 30.2 Å². The number of piperazine rings is 1. The van der Waals surface area contributed by atoms with Crippen LogP contribution < -0.4 is 10.1 Å². The minimum Gasteiger partial charge on any atom is -0.489 e. The summed E-state index contributed by atoms with van der Waals surface area (Å²) in [6.45, 7) is 12.1. The summed E-state index contributed by atoms with van der Waals surface area (Å²) in [5.41, 5.74) is 1.81. The predicted octanol–water partition coefficient (Wildman–Crippen LogP) is 5.45. The van der Waals surface area contributed by atoms with Crippen molar-refractivity contribution in [3.05, 3.63) is 71.4 Å². The third-order valence-corrected chi connectivity index (χ3v) is 8.14. The Morgan fingerprint density at radius 1 is 1.27 bits per heavy atom. The minimum absolute atomic E-state index is 0.0825. The second kappa shape index (κ2) is 11.8. The summed E-state index contributed by atoms with van der Waals surface area (Å²) in [5.74, 6) is -1.33. The first kappa shape index (κ1) is 29.0. The highest BCUT2D eigenvalue weighted by Gasteiger charge is 2.35. The first-order valence-electron chi connectivity index (χ1n) is 13.6. The molecular weight excluding hydrogens is 555 g/mol. The molecule has 2 atom stereocenters. The van der Waals surface area contributed by atoms with Crippen LogP contribution >= 0.6 is 11.6 Å². The normalized spacial score (nSPS) is 21.0. The van der Waals surface area contributed by atoms with Crippen molar-refractivity contribution in [2.75, 3.05) is 44.6 Å². The highest BCUT2D eigenvalue weighted by molar-refractivity contribution is 6.34. The lowest BCUT2D eigenvalue weighted by atomic mass is 9.96. The molecule has 7 nitrogen and oxygen atoms in total. The topological polar surface area (TPSA) is 71.9 Å². The average molecular weight is 588 g/mol. The molecule has 3 heterocycles. The summed E-state index contributed by atoms with van der Waals surface area (Å²) in [6.07, 6.45) is 2.05. The van der Waals surface area contributed by atoms with Crippen molar-refractivity contribution in [2.24, 2.45) is 0 Å². The number of anilines is 1. The Kier molecular flexibility index (Phi) is 8.33. The number of rotatable bonds is 7. The standard InChI is InChI=1S/C30H33ClF3N5O2/c1-4-26(40)38-12-18(3)39(13-17(38)2)30(35)23-11-24(31)27(22-8-7-19(32)10-25(22)34)29-28(23)36-21(16-41-29)6-5-9-37-14-20(33)15-37/h4,7-8,10-11,17,20-21,35-36H,1,3,5-6,9,12-16H2,2H3/t17-,21-/m1/s1. The molecule has 0 saturated carbocycles. The number of hydrogen-bond acceptors (Lipinski definition) is 5. The maximum atomic E-state index is 14.9. The molecule has 41 heavy (non-hydrogen) atoms. The molecule has 2 N–H and O–H groups in total. The summed E-state index contributed by atoms with van der Waals surface area (Å²) in [6, 6.07) is 4.52. The molecule has 0 radical (unpaired) electrons. The third-order valence-electron chi connectivity index (χ3n) is 7.85. The number of benzene rings is 2. The molecule has 11 heteroatoms. The van der Waals surface area contributed by atoms with Gasteiger partial charge in [0.25, 0.3) is 0 Å². The van der Waals surface area contributed by atoms with Crippen LogP contribution in [-0.2, 0) is 4.79 Å². The van der Waals surface area contributed by atoms with Crippen molar-refractivity contribution in [3.8, 4) is 16.9 Å². The maximum absolute atomic E-state index is 14.9. The van der Waals surface area contributed by atoms with Gasteiger partial charge in [-0.3, -0.25) is 15.1 Å². The largest absolute Gasteiger partial charge is 0.489 e. The molecule has 0 aromatic heterocycles. The molecule has 0 spiro atoms. The van der Waals surface area contributed by atoms with Crippen LogP contribution in [0.25, 0.3) is 11.1 Å². The maximum Gasteiger partial charge on any atom is 0.246 e. The van der Waals surface area contributed by atoms with E-state index in [2.05, 4.69) is 23.4 Å². The molecule has 2 aromatic carbocycles. The van der Waals surface area contributed by atoms with Gasteiger partial charge in [-0.25, -0.2) is 13.2 Å². The average Bonchev–Trinajstić information content (AvgIpc) is 2.92. The Balaban J connectivity index is 1.47. The van der Waals surface area contributed by atoms with Gasteiger partial charge in [0, 0.05) is 54.1 Å². The summed E-state index contributed by atoms with van der Waals surface area (Å²) in [5, 5.41) is 12.8. The number of ether oxygens (including phenoxy) is 1.